The van der Waals surface area contributed by atoms with Crippen LogP contribution in [-0.4, -0.2) is 44.8 Å². The van der Waals surface area contributed by atoms with E-state index >= 15 is 0 Å². The third kappa shape index (κ3) is 4.65. The van der Waals surface area contributed by atoms with Crippen molar-refractivity contribution in [2.24, 2.45) is 0 Å². The number of carbonyl (C=O) groups is 1. The number of rotatable bonds is 4. The highest BCUT2D eigenvalue weighted by Gasteiger charge is 2.33. The standard InChI is InChI=1S/C27H25ClN2O4S/c1-19(31)25-4-2-3-5-26(25)21-8-6-20-7-9-22-17-24(28)10-11-27(22)30(18-23(20)16-21)35(32,33)29-12-14-34-15-13-29/h2-11,16-17H,12-15,18H2,1H3/b9-7-. The Hall–Kier alpha value is -2.97. The van der Waals surface area contributed by atoms with E-state index in [0.717, 1.165) is 27.8 Å². The molecule has 0 amide bonds. The fraction of sp³-hybridized carbons (Fsp3) is 0.222. The summed E-state index contributed by atoms with van der Waals surface area (Å²) in [5.74, 6) is -0.0189. The zero-order chi connectivity index (χ0) is 24.6. The summed E-state index contributed by atoms with van der Waals surface area (Å²) in [5, 5.41) is 0.536. The summed E-state index contributed by atoms with van der Waals surface area (Å²) in [6.45, 7) is 3.02. The third-order valence-electron chi connectivity index (χ3n) is 6.35. The minimum absolute atomic E-state index is 0.0189. The second kappa shape index (κ2) is 9.59. The molecule has 0 aliphatic carbocycles. The molecule has 8 heteroatoms. The molecule has 0 atom stereocenters. The third-order valence-corrected chi connectivity index (χ3v) is 8.49. The van der Waals surface area contributed by atoms with Gasteiger partial charge in [-0.05, 0) is 53.4 Å². The molecule has 35 heavy (non-hydrogen) atoms. The average molecular weight is 509 g/mol. The van der Waals surface area contributed by atoms with E-state index in [9.17, 15) is 13.2 Å². The van der Waals surface area contributed by atoms with E-state index in [0.29, 0.717) is 42.6 Å². The zero-order valence-corrected chi connectivity index (χ0v) is 20.8. The van der Waals surface area contributed by atoms with Crippen LogP contribution in [0.15, 0.2) is 60.7 Å². The van der Waals surface area contributed by atoms with Gasteiger partial charge in [-0.1, -0.05) is 60.2 Å². The molecule has 0 radical (unpaired) electrons. The number of ether oxygens (including phenoxy) is 1. The Labute approximate surface area is 210 Å². The molecular weight excluding hydrogens is 484 g/mol. The van der Waals surface area contributed by atoms with Gasteiger partial charge in [0.25, 0.3) is 0 Å². The lowest BCUT2D eigenvalue weighted by Gasteiger charge is -2.35. The molecule has 6 nitrogen and oxygen atoms in total. The molecule has 2 heterocycles. The monoisotopic (exact) mass is 508 g/mol. The fourth-order valence-electron chi connectivity index (χ4n) is 4.54. The van der Waals surface area contributed by atoms with Crippen molar-refractivity contribution in [3.63, 3.8) is 0 Å². The van der Waals surface area contributed by atoms with E-state index in [4.69, 9.17) is 16.3 Å². The first kappa shape index (κ1) is 23.8. The number of carbonyl (C=O) groups excluding carboxylic acids is 1. The highest BCUT2D eigenvalue weighted by molar-refractivity contribution is 7.90. The van der Waals surface area contributed by atoms with E-state index in [1.807, 2.05) is 54.6 Å². The minimum atomic E-state index is -3.84. The van der Waals surface area contributed by atoms with Crippen molar-refractivity contribution in [2.45, 2.75) is 13.5 Å². The Morgan fingerprint density at radius 2 is 1.69 bits per heavy atom. The molecule has 3 aromatic rings. The maximum absolute atomic E-state index is 13.9. The number of hydrogen-bond donors (Lipinski definition) is 0. The lowest BCUT2D eigenvalue weighted by atomic mass is 9.93. The van der Waals surface area contributed by atoms with Gasteiger partial charge in [0.1, 0.15) is 0 Å². The van der Waals surface area contributed by atoms with Crippen LogP contribution < -0.4 is 4.31 Å². The summed E-state index contributed by atoms with van der Waals surface area (Å²) in [5.41, 5.74) is 5.36. The molecule has 3 aromatic carbocycles. The normalized spacial score (nSPS) is 17.1. The van der Waals surface area contributed by atoms with Gasteiger partial charge in [-0.2, -0.15) is 12.7 Å². The number of anilines is 1. The molecule has 0 saturated carbocycles. The Kier molecular flexibility index (Phi) is 6.51. The van der Waals surface area contributed by atoms with Crippen molar-refractivity contribution in [3.05, 3.63) is 87.9 Å². The molecule has 1 saturated heterocycles. The van der Waals surface area contributed by atoms with Gasteiger partial charge in [-0.3, -0.25) is 9.10 Å². The van der Waals surface area contributed by atoms with Crippen LogP contribution in [0, 0.1) is 0 Å². The smallest absolute Gasteiger partial charge is 0.304 e. The summed E-state index contributed by atoms with van der Waals surface area (Å²) in [6, 6.07) is 18.6. The zero-order valence-electron chi connectivity index (χ0n) is 19.3. The Morgan fingerprint density at radius 3 is 2.46 bits per heavy atom. The summed E-state index contributed by atoms with van der Waals surface area (Å²) in [7, 11) is -3.84. The second-order valence-corrected chi connectivity index (χ2v) is 10.9. The van der Waals surface area contributed by atoms with E-state index in [-0.39, 0.29) is 12.3 Å². The summed E-state index contributed by atoms with van der Waals surface area (Å²) in [4.78, 5) is 12.2. The van der Waals surface area contributed by atoms with E-state index in [2.05, 4.69) is 0 Å². The molecule has 2 aliphatic rings. The van der Waals surface area contributed by atoms with Crippen molar-refractivity contribution in [1.29, 1.82) is 0 Å². The maximum Gasteiger partial charge on any atom is 0.304 e. The number of nitrogens with zero attached hydrogens (tertiary/aromatic N) is 2. The lowest BCUT2D eigenvalue weighted by molar-refractivity contribution is 0.0729. The summed E-state index contributed by atoms with van der Waals surface area (Å²) >= 11 is 6.25. The number of ketones is 1. The first-order chi connectivity index (χ1) is 16.8. The molecule has 5 rings (SSSR count). The van der Waals surface area contributed by atoms with Crippen LogP contribution in [0.5, 0.6) is 0 Å². The van der Waals surface area contributed by atoms with Gasteiger partial charge in [-0.25, -0.2) is 0 Å². The quantitative estimate of drug-likeness (QED) is 0.450. The molecule has 0 N–H and O–H groups in total. The second-order valence-electron chi connectivity index (χ2n) is 8.58. The van der Waals surface area contributed by atoms with Crippen molar-refractivity contribution in [1.82, 2.24) is 4.31 Å². The highest BCUT2D eigenvalue weighted by Crippen LogP contribution is 2.35. The average Bonchev–Trinajstić information content (AvgIpc) is 2.86. The molecule has 180 valence electrons. The highest BCUT2D eigenvalue weighted by atomic mass is 35.5. The number of hydrogen-bond acceptors (Lipinski definition) is 4. The summed E-state index contributed by atoms with van der Waals surface area (Å²) < 4.78 is 36.0. The molecule has 0 bridgehead atoms. The van der Waals surface area contributed by atoms with Gasteiger partial charge in [0, 0.05) is 29.2 Å². The van der Waals surface area contributed by atoms with Crippen LogP contribution in [0.4, 0.5) is 5.69 Å². The SMILES string of the molecule is CC(=O)c1ccccc1-c1ccc2c(c1)CN(S(=O)(=O)N1CCOCC1)c1ccc(Cl)cc1/C=C\2. The number of Topliss-reactive ketones (excluding diaryl/α,β-unsaturated/α-hetero) is 1. The van der Waals surface area contributed by atoms with Gasteiger partial charge in [0.15, 0.2) is 5.78 Å². The van der Waals surface area contributed by atoms with Crippen LogP contribution in [-0.2, 0) is 21.5 Å². The van der Waals surface area contributed by atoms with Crippen LogP contribution in [0.3, 0.4) is 0 Å². The summed E-state index contributed by atoms with van der Waals surface area (Å²) in [6.07, 6.45) is 3.87. The molecule has 0 spiro atoms. The van der Waals surface area contributed by atoms with Gasteiger partial charge >= 0.3 is 10.2 Å². The van der Waals surface area contributed by atoms with Crippen LogP contribution in [0.25, 0.3) is 23.3 Å². The minimum Gasteiger partial charge on any atom is -0.379 e. The van der Waals surface area contributed by atoms with E-state index in [1.54, 1.807) is 25.1 Å². The van der Waals surface area contributed by atoms with Gasteiger partial charge in [-0.15, -0.1) is 0 Å². The predicted octanol–water partition coefficient (Wildman–Crippen LogP) is 5.28. The molecule has 0 aromatic heterocycles. The van der Waals surface area contributed by atoms with Crippen LogP contribution in [0.2, 0.25) is 5.02 Å². The van der Waals surface area contributed by atoms with Crippen molar-refractivity contribution in [2.75, 3.05) is 30.6 Å². The fourth-order valence-corrected chi connectivity index (χ4v) is 6.33. The molecule has 1 fully saturated rings. The Bertz CT molecular complexity index is 1430. The van der Waals surface area contributed by atoms with Gasteiger partial charge in [0.05, 0.1) is 25.4 Å². The van der Waals surface area contributed by atoms with E-state index in [1.165, 1.54) is 8.61 Å². The van der Waals surface area contributed by atoms with E-state index < -0.39 is 10.2 Å². The van der Waals surface area contributed by atoms with Crippen molar-refractivity contribution >= 4 is 45.4 Å². The number of morpholine rings is 1. The lowest BCUT2D eigenvalue weighted by Crippen LogP contribution is -2.48. The van der Waals surface area contributed by atoms with Gasteiger partial charge < -0.3 is 4.74 Å². The molecule has 2 aliphatic heterocycles. The maximum atomic E-state index is 13.9. The van der Waals surface area contributed by atoms with Gasteiger partial charge in [0.2, 0.25) is 0 Å². The predicted molar refractivity (Wildman–Crippen MR) is 140 cm³/mol. The largest absolute Gasteiger partial charge is 0.379 e. The number of fused-ring (bicyclic) bond motifs is 2. The Balaban J connectivity index is 1.65. The topological polar surface area (TPSA) is 66.9 Å². The van der Waals surface area contributed by atoms with Crippen LogP contribution >= 0.6 is 11.6 Å². The molecular formula is C27H25ClN2O4S. The number of halogens is 1. The van der Waals surface area contributed by atoms with Crippen molar-refractivity contribution < 1.29 is 17.9 Å². The van der Waals surface area contributed by atoms with Crippen LogP contribution in [0.1, 0.15) is 34.0 Å². The first-order valence-electron chi connectivity index (χ1n) is 11.4. The Morgan fingerprint density at radius 1 is 0.943 bits per heavy atom. The number of benzene rings is 3. The van der Waals surface area contributed by atoms with Crippen molar-refractivity contribution in [3.8, 4) is 11.1 Å². The molecule has 0 unspecified atom stereocenters. The first-order valence-corrected chi connectivity index (χ1v) is 13.2.